The number of carbonyl (C=O) groups is 1. The van der Waals surface area contributed by atoms with Gasteiger partial charge in [-0.25, -0.2) is 8.78 Å². The second-order valence-electron chi connectivity index (χ2n) is 3.37. The van der Waals surface area contributed by atoms with Gasteiger partial charge < -0.3 is 0 Å². The molecule has 17 heavy (non-hydrogen) atoms. The first-order valence-electron chi connectivity index (χ1n) is 4.87. The van der Waals surface area contributed by atoms with Crippen molar-refractivity contribution in [2.75, 3.05) is 0 Å². The summed E-state index contributed by atoms with van der Waals surface area (Å²) in [4.78, 5) is 11.5. The Bertz CT molecular complexity index is 555. The highest BCUT2D eigenvalue weighted by Gasteiger charge is 2.05. The van der Waals surface area contributed by atoms with Crippen LogP contribution in [0.25, 0.3) is 0 Å². The zero-order chi connectivity index (χ0) is 12.3. The maximum Gasteiger partial charge on any atom is 0.150 e. The van der Waals surface area contributed by atoms with Gasteiger partial charge >= 0.3 is 0 Å². The molecule has 0 aliphatic rings. The van der Waals surface area contributed by atoms with Crippen LogP contribution in [0.5, 0.6) is 0 Å². The highest BCUT2D eigenvalue weighted by molar-refractivity contribution is 7.99. The van der Waals surface area contributed by atoms with Gasteiger partial charge in [0.25, 0.3) is 0 Å². The average Bonchev–Trinajstić information content (AvgIpc) is 2.31. The number of carbonyl (C=O) groups excluding carboxylic acids is 1. The number of hydrogen-bond donors (Lipinski definition) is 0. The largest absolute Gasteiger partial charge is 0.298 e. The number of aldehydes is 1. The Morgan fingerprint density at radius 1 is 1.06 bits per heavy atom. The zero-order valence-corrected chi connectivity index (χ0v) is 9.51. The van der Waals surface area contributed by atoms with E-state index in [9.17, 15) is 13.6 Å². The van der Waals surface area contributed by atoms with Crippen LogP contribution in [-0.4, -0.2) is 6.29 Å². The molecule has 0 aromatic heterocycles. The zero-order valence-electron chi connectivity index (χ0n) is 8.69. The lowest BCUT2D eigenvalue weighted by atomic mass is 10.2. The SMILES string of the molecule is O=Cc1cc(F)cc(Sc2ccccc2F)c1. The number of benzene rings is 2. The molecule has 2 rings (SSSR count). The van der Waals surface area contributed by atoms with Crippen molar-refractivity contribution in [3.05, 3.63) is 59.7 Å². The van der Waals surface area contributed by atoms with Crippen molar-refractivity contribution in [1.82, 2.24) is 0 Å². The Morgan fingerprint density at radius 2 is 1.82 bits per heavy atom. The smallest absolute Gasteiger partial charge is 0.150 e. The molecule has 0 radical (unpaired) electrons. The van der Waals surface area contributed by atoms with E-state index in [1.165, 1.54) is 18.2 Å². The van der Waals surface area contributed by atoms with Crippen molar-refractivity contribution in [2.45, 2.75) is 9.79 Å². The average molecular weight is 250 g/mol. The summed E-state index contributed by atoms with van der Waals surface area (Å²) in [5.41, 5.74) is 0.240. The predicted molar refractivity (Wildman–Crippen MR) is 62.3 cm³/mol. The van der Waals surface area contributed by atoms with E-state index in [1.54, 1.807) is 18.2 Å². The molecule has 0 amide bonds. The standard InChI is InChI=1S/C13H8F2OS/c14-10-5-9(8-16)6-11(7-10)17-13-4-2-1-3-12(13)15/h1-8H. The highest BCUT2D eigenvalue weighted by Crippen LogP contribution is 2.30. The van der Waals surface area contributed by atoms with Crippen LogP contribution >= 0.6 is 11.8 Å². The Morgan fingerprint density at radius 3 is 2.53 bits per heavy atom. The molecule has 4 heteroatoms. The fraction of sp³-hybridized carbons (Fsp3) is 0. The van der Waals surface area contributed by atoms with Gasteiger partial charge in [-0.05, 0) is 30.3 Å². The van der Waals surface area contributed by atoms with Gasteiger partial charge in [0.2, 0.25) is 0 Å². The third-order valence-corrected chi connectivity index (χ3v) is 3.12. The van der Waals surface area contributed by atoms with E-state index in [0.29, 0.717) is 16.1 Å². The molecule has 0 fully saturated rings. The fourth-order valence-electron chi connectivity index (χ4n) is 1.37. The fourth-order valence-corrected chi connectivity index (χ4v) is 2.30. The quantitative estimate of drug-likeness (QED) is 0.768. The van der Waals surface area contributed by atoms with Crippen molar-refractivity contribution in [2.24, 2.45) is 0 Å². The summed E-state index contributed by atoms with van der Waals surface area (Å²) in [5, 5.41) is 0. The number of halogens is 2. The Hall–Kier alpha value is -1.68. The number of hydrogen-bond acceptors (Lipinski definition) is 2. The van der Waals surface area contributed by atoms with Gasteiger partial charge in [0.15, 0.2) is 0 Å². The molecule has 0 spiro atoms. The molecule has 0 saturated carbocycles. The van der Waals surface area contributed by atoms with E-state index in [2.05, 4.69) is 0 Å². The topological polar surface area (TPSA) is 17.1 Å². The summed E-state index contributed by atoms with van der Waals surface area (Å²) in [6.45, 7) is 0. The van der Waals surface area contributed by atoms with E-state index in [1.807, 2.05) is 0 Å². The molecule has 0 heterocycles. The molecular formula is C13H8F2OS. The minimum Gasteiger partial charge on any atom is -0.298 e. The van der Waals surface area contributed by atoms with Crippen LogP contribution in [0.1, 0.15) is 10.4 Å². The summed E-state index contributed by atoms with van der Waals surface area (Å²) in [5.74, 6) is -0.872. The van der Waals surface area contributed by atoms with Gasteiger partial charge in [0.05, 0.1) is 0 Å². The van der Waals surface area contributed by atoms with Crippen LogP contribution in [0.4, 0.5) is 8.78 Å². The summed E-state index contributed by atoms with van der Waals surface area (Å²) in [6, 6.07) is 10.1. The van der Waals surface area contributed by atoms with Crippen molar-refractivity contribution in [1.29, 1.82) is 0 Å². The van der Waals surface area contributed by atoms with Crippen LogP contribution < -0.4 is 0 Å². The minimum absolute atomic E-state index is 0.240. The van der Waals surface area contributed by atoms with Gasteiger partial charge in [-0.2, -0.15) is 0 Å². The second kappa shape index (κ2) is 5.10. The summed E-state index contributed by atoms with van der Waals surface area (Å²) < 4.78 is 26.5. The molecule has 0 unspecified atom stereocenters. The molecule has 0 saturated heterocycles. The van der Waals surface area contributed by atoms with Gasteiger partial charge in [0, 0.05) is 15.4 Å². The monoisotopic (exact) mass is 250 g/mol. The maximum absolute atomic E-state index is 13.4. The van der Waals surface area contributed by atoms with Gasteiger partial charge in [-0.1, -0.05) is 23.9 Å². The van der Waals surface area contributed by atoms with Crippen LogP contribution in [-0.2, 0) is 0 Å². The minimum atomic E-state index is -0.506. The molecule has 1 nitrogen and oxygen atoms in total. The van der Waals surface area contributed by atoms with Crippen LogP contribution in [0.2, 0.25) is 0 Å². The molecule has 0 N–H and O–H groups in total. The Balaban J connectivity index is 2.33. The third-order valence-electron chi connectivity index (χ3n) is 2.09. The Kier molecular flexibility index (Phi) is 3.54. The van der Waals surface area contributed by atoms with Crippen LogP contribution in [0.15, 0.2) is 52.3 Å². The predicted octanol–water partition coefficient (Wildman–Crippen LogP) is 3.93. The van der Waals surface area contributed by atoms with E-state index >= 15 is 0 Å². The molecule has 0 aliphatic heterocycles. The lowest BCUT2D eigenvalue weighted by Gasteiger charge is -2.03. The van der Waals surface area contributed by atoms with Crippen LogP contribution in [0.3, 0.4) is 0 Å². The molecule has 86 valence electrons. The summed E-state index contributed by atoms with van der Waals surface area (Å²) in [7, 11) is 0. The van der Waals surface area contributed by atoms with E-state index in [4.69, 9.17) is 0 Å². The normalized spacial score (nSPS) is 10.2. The Labute approximate surface area is 101 Å². The van der Waals surface area contributed by atoms with E-state index in [-0.39, 0.29) is 11.4 Å². The second-order valence-corrected chi connectivity index (χ2v) is 4.49. The third kappa shape index (κ3) is 2.91. The molecular weight excluding hydrogens is 242 g/mol. The molecule has 2 aromatic rings. The lowest BCUT2D eigenvalue weighted by Crippen LogP contribution is -1.86. The lowest BCUT2D eigenvalue weighted by molar-refractivity contribution is 0.112. The molecule has 2 aromatic carbocycles. The first-order chi connectivity index (χ1) is 8.19. The van der Waals surface area contributed by atoms with Crippen molar-refractivity contribution >= 4 is 18.0 Å². The first-order valence-corrected chi connectivity index (χ1v) is 5.69. The maximum atomic E-state index is 13.4. The number of rotatable bonds is 3. The van der Waals surface area contributed by atoms with E-state index in [0.717, 1.165) is 17.8 Å². The van der Waals surface area contributed by atoms with Crippen molar-refractivity contribution in [3.8, 4) is 0 Å². The van der Waals surface area contributed by atoms with Crippen molar-refractivity contribution < 1.29 is 13.6 Å². The molecule has 0 bridgehead atoms. The molecule has 0 aliphatic carbocycles. The highest BCUT2D eigenvalue weighted by atomic mass is 32.2. The summed E-state index contributed by atoms with van der Waals surface area (Å²) >= 11 is 1.08. The van der Waals surface area contributed by atoms with Gasteiger partial charge in [0.1, 0.15) is 17.9 Å². The van der Waals surface area contributed by atoms with Crippen LogP contribution in [0, 0.1) is 11.6 Å². The first kappa shape index (κ1) is 11.8. The van der Waals surface area contributed by atoms with Crippen molar-refractivity contribution in [3.63, 3.8) is 0 Å². The van der Waals surface area contributed by atoms with Gasteiger partial charge in [-0.15, -0.1) is 0 Å². The van der Waals surface area contributed by atoms with Gasteiger partial charge in [-0.3, -0.25) is 4.79 Å². The van der Waals surface area contributed by atoms with E-state index < -0.39 is 5.82 Å². The summed E-state index contributed by atoms with van der Waals surface area (Å²) in [6.07, 6.45) is 0.564. The molecule has 0 atom stereocenters.